The highest BCUT2D eigenvalue weighted by molar-refractivity contribution is 7.99. The Labute approximate surface area is 127 Å². The second kappa shape index (κ2) is 6.36. The van der Waals surface area contributed by atoms with Gasteiger partial charge in [0.2, 0.25) is 5.89 Å². The normalized spacial score (nSPS) is 11.5. The van der Waals surface area contributed by atoms with E-state index in [0.29, 0.717) is 33.9 Å². The van der Waals surface area contributed by atoms with Crippen molar-refractivity contribution < 1.29 is 19.0 Å². The molecule has 0 aliphatic rings. The third-order valence-electron chi connectivity index (χ3n) is 2.55. The molecule has 0 aliphatic heterocycles. The van der Waals surface area contributed by atoms with Gasteiger partial charge in [0.15, 0.2) is 0 Å². The zero-order valence-electron chi connectivity index (χ0n) is 12.4. The first-order valence-corrected chi connectivity index (χ1v) is 7.32. The van der Waals surface area contributed by atoms with Crippen LogP contribution in [0.2, 0.25) is 0 Å². The number of hydrogen-bond donors (Lipinski definition) is 1. The molecule has 7 heteroatoms. The molecule has 0 spiro atoms. The number of methoxy groups -OCH3 is 2. The monoisotopic (exact) mass is 310 g/mol. The molecule has 114 valence electrons. The zero-order valence-corrected chi connectivity index (χ0v) is 13.2. The van der Waals surface area contributed by atoms with Crippen molar-refractivity contribution >= 4 is 11.8 Å². The predicted octanol–water partition coefficient (Wildman–Crippen LogP) is 2.62. The number of rotatable bonds is 6. The molecular formula is C14H18N2O4S. The Morgan fingerprint density at radius 3 is 2.29 bits per heavy atom. The van der Waals surface area contributed by atoms with Gasteiger partial charge < -0.3 is 19.0 Å². The molecule has 0 fully saturated rings. The quantitative estimate of drug-likeness (QED) is 0.822. The van der Waals surface area contributed by atoms with E-state index in [-0.39, 0.29) is 0 Å². The highest BCUT2D eigenvalue weighted by Crippen LogP contribution is 2.31. The molecule has 1 heterocycles. The Balaban J connectivity index is 2.21. The van der Waals surface area contributed by atoms with Crippen LogP contribution >= 0.6 is 11.8 Å². The molecule has 1 aromatic heterocycles. The zero-order chi connectivity index (χ0) is 15.5. The van der Waals surface area contributed by atoms with Crippen LogP contribution in [0.5, 0.6) is 11.5 Å². The summed E-state index contributed by atoms with van der Waals surface area (Å²) in [4.78, 5) is 0. The van der Waals surface area contributed by atoms with E-state index in [9.17, 15) is 5.11 Å². The van der Waals surface area contributed by atoms with E-state index in [4.69, 9.17) is 13.9 Å². The number of hydrogen-bond acceptors (Lipinski definition) is 7. The molecule has 0 atom stereocenters. The van der Waals surface area contributed by atoms with Gasteiger partial charge in [-0.2, -0.15) is 0 Å². The van der Waals surface area contributed by atoms with Crippen molar-refractivity contribution in [1.82, 2.24) is 10.2 Å². The van der Waals surface area contributed by atoms with Gasteiger partial charge in [-0.25, -0.2) is 0 Å². The van der Waals surface area contributed by atoms with Crippen LogP contribution in [-0.2, 0) is 0 Å². The van der Waals surface area contributed by atoms with Crippen LogP contribution in [0, 0.1) is 0 Å². The highest BCUT2D eigenvalue weighted by atomic mass is 32.2. The van der Waals surface area contributed by atoms with Gasteiger partial charge in [-0.3, -0.25) is 0 Å². The van der Waals surface area contributed by atoms with Crippen LogP contribution in [0.3, 0.4) is 0 Å². The number of nitrogens with zero attached hydrogens (tertiary/aromatic N) is 2. The lowest BCUT2D eigenvalue weighted by molar-refractivity contribution is 0.106. The molecule has 0 unspecified atom stereocenters. The fourth-order valence-corrected chi connectivity index (χ4v) is 2.27. The molecule has 2 rings (SSSR count). The Kier molecular flexibility index (Phi) is 4.74. The molecular weight excluding hydrogens is 292 g/mol. The van der Waals surface area contributed by atoms with Crippen LogP contribution in [-0.4, -0.2) is 40.9 Å². The van der Waals surface area contributed by atoms with E-state index >= 15 is 0 Å². The molecule has 6 nitrogen and oxygen atoms in total. The first-order chi connectivity index (χ1) is 9.91. The van der Waals surface area contributed by atoms with Crippen molar-refractivity contribution in [2.45, 2.75) is 24.7 Å². The van der Waals surface area contributed by atoms with Crippen molar-refractivity contribution in [2.75, 3.05) is 20.0 Å². The van der Waals surface area contributed by atoms with E-state index in [1.807, 2.05) is 0 Å². The summed E-state index contributed by atoms with van der Waals surface area (Å²) in [5.41, 5.74) is -0.0767. The fraction of sp³-hybridized carbons (Fsp3) is 0.429. The summed E-state index contributed by atoms with van der Waals surface area (Å²) in [7, 11) is 3.16. The van der Waals surface area contributed by atoms with Crippen molar-refractivity contribution in [3.63, 3.8) is 0 Å². The Morgan fingerprint density at radius 1 is 1.14 bits per heavy atom. The van der Waals surface area contributed by atoms with Crippen LogP contribution in [0.25, 0.3) is 11.5 Å². The summed E-state index contributed by atoms with van der Waals surface area (Å²) in [6.45, 7) is 3.45. The lowest BCUT2D eigenvalue weighted by atomic mass is 10.2. The molecule has 0 saturated heterocycles. The molecule has 21 heavy (non-hydrogen) atoms. The molecule has 2 aromatic rings. The van der Waals surface area contributed by atoms with E-state index in [1.54, 1.807) is 46.3 Å². The Bertz CT molecular complexity index is 585. The van der Waals surface area contributed by atoms with Gasteiger partial charge in [-0.1, -0.05) is 11.8 Å². The van der Waals surface area contributed by atoms with Gasteiger partial charge in [0.1, 0.15) is 11.5 Å². The van der Waals surface area contributed by atoms with Gasteiger partial charge in [-0.05, 0) is 26.0 Å². The predicted molar refractivity (Wildman–Crippen MR) is 79.9 cm³/mol. The van der Waals surface area contributed by atoms with Gasteiger partial charge >= 0.3 is 0 Å². The second-order valence-corrected chi connectivity index (χ2v) is 6.00. The van der Waals surface area contributed by atoms with E-state index in [0.717, 1.165) is 0 Å². The van der Waals surface area contributed by atoms with Gasteiger partial charge in [-0.15, -0.1) is 10.2 Å². The van der Waals surface area contributed by atoms with E-state index in [1.165, 1.54) is 11.8 Å². The van der Waals surface area contributed by atoms with Crippen LogP contribution in [0.15, 0.2) is 27.8 Å². The largest absolute Gasteiger partial charge is 0.497 e. The van der Waals surface area contributed by atoms with Crippen molar-refractivity contribution in [1.29, 1.82) is 0 Å². The van der Waals surface area contributed by atoms with Gasteiger partial charge in [0.25, 0.3) is 5.22 Å². The smallest absolute Gasteiger partial charge is 0.276 e. The third kappa shape index (κ3) is 4.37. The average molecular weight is 310 g/mol. The molecule has 0 radical (unpaired) electrons. The number of aliphatic hydroxyl groups is 1. The molecule has 1 aromatic carbocycles. The minimum atomic E-state index is -0.793. The van der Waals surface area contributed by atoms with E-state index < -0.39 is 5.60 Å². The topological polar surface area (TPSA) is 77.6 Å². The summed E-state index contributed by atoms with van der Waals surface area (Å²) < 4.78 is 16.0. The standard InChI is InChI=1S/C14H18N2O4S/c1-14(2,17)8-21-13-16-15-12(20-13)9-5-10(18-3)7-11(6-9)19-4/h5-7,17H,8H2,1-4H3. The first kappa shape index (κ1) is 15.7. The van der Waals surface area contributed by atoms with Crippen LogP contribution < -0.4 is 9.47 Å². The molecule has 0 amide bonds. The summed E-state index contributed by atoms with van der Waals surface area (Å²) in [6, 6.07) is 5.35. The fourth-order valence-electron chi connectivity index (χ4n) is 1.55. The third-order valence-corrected chi connectivity index (χ3v) is 3.82. The van der Waals surface area contributed by atoms with E-state index in [2.05, 4.69) is 10.2 Å². The number of thioether (sulfide) groups is 1. The molecule has 0 aliphatic carbocycles. The lowest BCUT2D eigenvalue weighted by Crippen LogP contribution is -2.21. The summed E-state index contributed by atoms with van der Waals surface area (Å²) in [5.74, 6) is 2.14. The SMILES string of the molecule is COc1cc(OC)cc(-c2nnc(SCC(C)(C)O)o2)c1. The summed E-state index contributed by atoms with van der Waals surface area (Å²) in [5, 5.41) is 18.1. The Morgan fingerprint density at radius 2 is 1.76 bits per heavy atom. The number of ether oxygens (including phenoxy) is 2. The molecule has 1 N–H and O–H groups in total. The van der Waals surface area contributed by atoms with Crippen molar-refractivity contribution in [3.05, 3.63) is 18.2 Å². The number of benzene rings is 1. The number of aromatic nitrogens is 2. The molecule has 0 bridgehead atoms. The van der Waals surface area contributed by atoms with Crippen LogP contribution in [0.4, 0.5) is 0 Å². The van der Waals surface area contributed by atoms with Crippen LogP contribution in [0.1, 0.15) is 13.8 Å². The average Bonchev–Trinajstić information content (AvgIpc) is 2.92. The maximum Gasteiger partial charge on any atom is 0.276 e. The summed E-state index contributed by atoms with van der Waals surface area (Å²) in [6.07, 6.45) is 0. The Hall–Kier alpha value is -1.73. The van der Waals surface area contributed by atoms with Crippen molar-refractivity contribution in [3.8, 4) is 23.0 Å². The molecule has 0 saturated carbocycles. The maximum atomic E-state index is 9.70. The minimum Gasteiger partial charge on any atom is -0.497 e. The minimum absolute atomic E-state index is 0.380. The second-order valence-electron chi connectivity index (χ2n) is 5.08. The van der Waals surface area contributed by atoms with Gasteiger partial charge in [0.05, 0.1) is 19.8 Å². The summed E-state index contributed by atoms with van der Waals surface area (Å²) >= 11 is 1.31. The lowest BCUT2D eigenvalue weighted by Gasteiger charge is -2.13. The van der Waals surface area contributed by atoms with Crippen molar-refractivity contribution in [2.24, 2.45) is 0 Å². The highest BCUT2D eigenvalue weighted by Gasteiger charge is 2.17. The van der Waals surface area contributed by atoms with Gasteiger partial charge in [0, 0.05) is 17.4 Å². The maximum absolute atomic E-state index is 9.70. The first-order valence-electron chi connectivity index (χ1n) is 6.33.